The van der Waals surface area contributed by atoms with Gasteiger partial charge in [-0.3, -0.25) is 14.5 Å². The largest absolute Gasteiger partial charge is 0.497 e. The summed E-state index contributed by atoms with van der Waals surface area (Å²) in [7, 11) is 3.33. The number of rotatable bonds is 10. The van der Waals surface area contributed by atoms with E-state index < -0.39 is 11.9 Å². The van der Waals surface area contributed by atoms with E-state index in [0.29, 0.717) is 38.2 Å². The van der Waals surface area contributed by atoms with Crippen LogP contribution in [0.5, 0.6) is 5.75 Å². The van der Waals surface area contributed by atoms with Gasteiger partial charge >= 0.3 is 0 Å². The Morgan fingerprint density at radius 2 is 1.72 bits per heavy atom. The predicted molar refractivity (Wildman–Crippen MR) is 148 cm³/mol. The highest BCUT2D eigenvalue weighted by Crippen LogP contribution is 2.27. The van der Waals surface area contributed by atoms with Crippen molar-refractivity contribution in [2.75, 3.05) is 33.9 Å². The van der Waals surface area contributed by atoms with Crippen LogP contribution in [0.4, 0.5) is 4.39 Å². The number of carbonyl (C=O) groups excluding carboxylic acids is 2. The van der Waals surface area contributed by atoms with Gasteiger partial charge in [-0.1, -0.05) is 12.1 Å². The second-order valence-corrected chi connectivity index (χ2v) is 10.6. The Labute approximate surface area is 230 Å². The van der Waals surface area contributed by atoms with Gasteiger partial charge in [-0.15, -0.1) is 0 Å². The molecule has 1 heterocycles. The van der Waals surface area contributed by atoms with E-state index in [-0.39, 0.29) is 29.9 Å². The van der Waals surface area contributed by atoms with E-state index in [1.54, 1.807) is 19.1 Å². The predicted octanol–water partition coefficient (Wildman–Crippen LogP) is 3.34. The van der Waals surface area contributed by atoms with Crippen molar-refractivity contribution in [3.63, 3.8) is 0 Å². The fraction of sp³-hybridized carbons (Fsp3) is 0.533. The Balaban J connectivity index is 1.53. The molecule has 0 spiro atoms. The topological polar surface area (TPSA) is 97.1 Å². The molecule has 212 valence electrons. The Bertz CT molecular complexity index is 1070. The second kappa shape index (κ2) is 13.9. The van der Waals surface area contributed by atoms with Crippen LogP contribution in [-0.2, 0) is 16.1 Å². The average molecular weight is 541 g/mol. The van der Waals surface area contributed by atoms with Gasteiger partial charge in [0.2, 0.25) is 5.91 Å². The zero-order valence-electron chi connectivity index (χ0n) is 23.0. The monoisotopic (exact) mass is 540 g/mol. The van der Waals surface area contributed by atoms with Crippen molar-refractivity contribution in [3.05, 3.63) is 65.5 Å². The smallest absolute Gasteiger partial charge is 0.254 e. The number of likely N-dealkylation sites (tertiary alicyclic amines) is 1. The third-order valence-electron chi connectivity index (χ3n) is 7.99. The van der Waals surface area contributed by atoms with Crippen LogP contribution in [0.25, 0.3) is 0 Å². The summed E-state index contributed by atoms with van der Waals surface area (Å²) >= 11 is 0. The molecule has 39 heavy (non-hydrogen) atoms. The minimum Gasteiger partial charge on any atom is -0.497 e. The van der Waals surface area contributed by atoms with Crippen molar-refractivity contribution >= 4 is 11.8 Å². The molecule has 3 N–H and O–H groups in total. The Hall–Kier alpha value is -3.01. The lowest BCUT2D eigenvalue weighted by Crippen LogP contribution is -2.58. The molecule has 2 aromatic carbocycles. The Morgan fingerprint density at radius 1 is 1.03 bits per heavy atom. The molecule has 0 aromatic heterocycles. The molecule has 4 rings (SSSR count). The lowest BCUT2D eigenvalue weighted by atomic mass is 9.90. The molecule has 1 saturated carbocycles. The van der Waals surface area contributed by atoms with Crippen LogP contribution in [0.3, 0.4) is 0 Å². The van der Waals surface area contributed by atoms with Crippen LogP contribution >= 0.6 is 0 Å². The quantitative estimate of drug-likeness (QED) is 0.480. The number of halogens is 1. The number of hydrogen-bond donors (Lipinski definition) is 2. The summed E-state index contributed by atoms with van der Waals surface area (Å²) in [5.74, 6) is 0.0159. The first-order chi connectivity index (χ1) is 18.9. The lowest BCUT2D eigenvalue weighted by molar-refractivity contribution is -0.128. The number of nitrogens with zero attached hydrogens (tertiary/aromatic N) is 2. The molecule has 2 fully saturated rings. The number of nitrogens with one attached hydrogen (secondary N) is 1. The van der Waals surface area contributed by atoms with E-state index in [1.807, 2.05) is 24.3 Å². The fourth-order valence-electron chi connectivity index (χ4n) is 5.65. The molecule has 2 aliphatic rings. The lowest BCUT2D eigenvalue weighted by Gasteiger charge is -2.43. The van der Waals surface area contributed by atoms with Crippen molar-refractivity contribution < 1.29 is 23.5 Å². The molecule has 2 amide bonds. The molecule has 0 radical (unpaired) electrons. The number of hydrogen-bond acceptors (Lipinski definition) is 6. The molecule has 1 unspecified atom stereocenters. The van der Waals surface area contributed by atoms with E-state index in [1.165, 1.54) is 24.3 Å². The summed E-state index contributed by atoms with van der Waals surface area (Å²) in [6, 6.07) is 13.2. The third-order valence-corrected chi connectivity index (χ3v) is 7.99. The summed E-state index contributed by atoms with van der Waals surface area (Å²) in [6.07, 6.45) is 4.66. The maximum Gasteiger partial charge on any atom is 0.254 e. The van der Waals surface area contributed by atoms with Crippen molar-refractivity contribution in [2.45, 2.75) is 69.2 Å². The normalized spacial score (nSPS) is 23.5. The summed E-state index contributed by atoms with van der Waals surface area (Å²) in [5.41, 5.74) is 7.58. The van der Waals surface area contributed by atoms with Crippen molar-refractivity contribution in [3.8, 4) is 5.75 Å². The van der Waals surface area contributed by atoms with Gasteiger partial charge in [0.15, 0.2) is 0 Å². The number of carbonyl (C=O) groups is 2. The van der Waals surface area contributed by atoms with Crippen molar-refractivity contribution in [1.82, 2.24) is 15.1 Å². The zero-order valence-corrected chi connectivity index (χ0v) is 23.0. The molecule has 2 aromatic rings. The summed E-state index contributed by atoms with van der Waals surface area (Å²) < 4.78 is 24.2. The molecule has 9 heteroatoms. The molecule has 1 aliphatic carbocycles. The Kier molecular flexibility index (Phi) is 10.3. The van der Waals surface area contributed by atoms with Crippen LogP contribution in [0.15, 0.2) is 48.5 Å². The van der Waals surface area contributed by atoms with Gasteiger partial charge in [0.25, 0.3) is 5.91 Å². The number of methoxy groups -OCH3 is 2. The maximum atomic E-state index is 13.7. The van der Waals surface area contributed by atoms with E-state index in [0.717, 1.165) is 43.4 Å². The van der Waals surface area contributed by atoms with Crippen LogP contribution in [0.1, 0.15) is 54.4 Å². The number of nitrogens with two attached hydrogens (primary N) is 1. The number of amides is 2. The van der Waals surface area contributed by atoms with E-state index in [9.17, 15) is 14.0 Å². The standard InChI is InChI=1S/C30H41FN4O4/c1-38-18-17-34(20-21-3-13-27(39-2)14-4-21)26-15-16-35(30(37)22-5-7-23(31)8-6-22)28(19-26)29(36)33-25-11-9-24(32)10-12-25/h3-8,13-14,24-26,28H,9-12,15-20,32H2,1-2H3,(H,33,36)/t24?,25?,26?,28-/m1/s1. The highest BCUT2D eigenvalue weighted by atomic mass is 19.1. The van der Waals surface area contributed by atoms with Gasteiger partial charge in [-0.2, -0.15) is 0 Å². The SMILES string of the molecule is COCCN(Cc1ccc(OC)cc1)C1CCN(C(=O)c2ccc(F)cc2)[C@@H](C(=O)NC2CCC(N)CC2)C1. The number of piperidine rings is 1. The fourth-order valence-corrected chi connectivity index (χ4v) is 5.65. The molecule has 8 nitrogen and oxygen atoms in total. The van der Waals surface area contributed by atoms with Crippen LogP contribution in [0.2, 0.25) is 0 Å². The molecule has 0 bridgehead atoms. The van der Waals surface area contributed by atoms with Gasteiger partial charge in [-0.05, 0) is 80.5 Å². The number of benzene rings is 2. The van der Waals surface area contributed by atoms with Gasteiger partial charge in [-0.25, -0.2) is 4.39 Å². The third kappa shape index (κ3) is 7.77. The van der Waals surface area contributed by atoms with Crippen molar-refractivity contribution in [2.24, 2.45) is 5.73 Å². The highest BCUT2D eigenvalue weighted by Gasteiger charge is 2.39. The summed E-state index contributed by atoms with van der Waals surface area (Å²) in [4.78, 5) is 31.2. The minimum absolute atomic E-state index is 0.0596. The average Bonchev–Trinajstić information content (AvgIpc) is 2.96. The van der Waals surface area contributed by atoms with Crippen molar-refractivity contribution in [1.29, 1.82) is 0 Å². The maximum absolute atomic E-state index is 13.7. The summed E-state index contributed by atoms with van der Waals surface area (Å²) in [5, 5.41) is 3.21. The Morgan fingerprint density at radius 3 is 2.36 bits per heavy atom. The zero-order chi connectivity index (χ0) is 27.8. The van der Waals surface area contributed by atoms with Crippen LogP contribution in [0, 0.1) is 5.82 Å². The van der Waals surface area contributed by atoms with Gasteiger partial charge in [0.05, 0.1) is 13.7 Å². The van der Waals surface area contributed by atoms with Crippen LogP contribution < -0.4 is 15.8 Å². The molecule has 1 aliphatic heterocycles. The first-order valence-electron chi connectivity index (χ1n) is 13.9. The number of ether oxygens (including phenoxy) is 2. The molecular weight excluding hydrogens is 499 g/mol. The first-order valence-corrected chi connectivity index (χ1v) is 13.9. The van der Waals surface area contributed by atoms with Gasteiger partial charge in [0, 0.05) is 50.4 Å². The minimum atomic E-state index is -0.627. The van der Waals surface area contributed by atoms with E-state index in [2.05, 4.69) is 10.2 Å². The molecule has 2 atom stereocenters. The second-order valence-electron chi connectivity index (χ2n) is 10.6. The summed E-state index contributed by atoms with van der Waals surface area (Å²) in [6.45, 7) is 2.39. The molecule has 1 saturated heterocycles. The molecular formula is C30H41FN4O4. The van der Waals surface area contributed by atoms with E-state index in [4.69, 9.17) is 15.2 Å². The first kappa shape index (κ1) is 29.0. The van der Waals surface area contributed by atoms with Gasteiger partial charge < -0.3 is 25.4 Å². The van der Waals surface area contributed by atoms with E-state index >= 15 is 0 Å². The van der Waals surface area contributed by atoms with Crippen LogP contribution in [-0.4, -0.2) is 79.7 Å². The highest BCUT2D eigenvalue weighted by molar-refractivity contribution is 5.97. The van der Waals surface area contributed by atoms with Gasteiger partial charge in [0.1, 0.15) is 17.6 Å².